The van der Waals surface area contributed by atoms with E-state index in [-0.39, 0.29) is 5.56 Å². The van der Waals surface area contributed by atoms with Crippen molar-refractivity contribution in [3.63, 3.8) is 0 Å². The molecule has 5 aromatic rings. The highest BCUT2D eigenvalue weighted by molar-refractivity contribution is 5.84. The number of aromatic amines is 1. The topological polar surface area (TPSA) is 89.4 Å². The van der Waals surface area contributed by atoms with Gasteiger partial charge in [-0.3, -0.25) is 19.9 Å². The summed E-state index contributed by atoms with van der Waals surface area (Å²) in [7, 11) is 1.73. The van der Waals surface area contributed by atoms with Gasteiger partial charge in [-0.05, 0) is 49.4 Å². The Morgan fingerprint density at radius 2 is 1.83 bits per heavy atom. The summed E-state index contributed by atoms with van der Waals surface area (Å²) in [5.74, 6) is 0. The average molecular weight is 394 g/mol. The van der Waals surface area contributed by atoms with E-state index in [0.29, 0.717) is 11.1 Å². The predicted molar refractivity (Wildman–Crippen MR) is 116 cm³/mol. The Hall–Kier alpha value is -4.13. The molecule has 7 heteroatoms. The Kier molecular flexibility index (Phi) is 4.21. The normalized spacial score (nSPS) is 11.1. The van der Waals surface area contributed by atoms with Crippen LogP contribution in [0, 0.1) is 6.92 Å². The van der Waals surface area contributed by atoms with Crippen LogP contribution in [0.4, 0.5) is 0 Å². The number of rotatable bonds is 3. The SMILES string of the molecule is Cc1cccc(-c2n[nH]cc2-c2ccc3ncc(-c4cccn(C)c4=O)cc3n2)n1. The number of fused-ring (bicyclic) bond motifs is 1. The minimum Gasteiger partial charge on any atom is -0.318 e. The molecule has 0 spiro atoms. The van der Waals surface area contributed by atoms with Gasteiger partial charge in [-0.15, -0.1) is 0 Å². The third kappa shape index (κ3) is 3.06. The number of aryl methyl sites for hydroxylation is 2. The molecule has 0 amide bonds. The van der Waals surface area contributed by atoms with Gasteiger partial charge in [0.25, 0.3) is 5.56 Å². The van der Waals surface area contributed by atoms with Crippen LogP contribution in [0.3, 0.4) is 0 Å². The van der Waals surface area contributed by atoms with Crippen molar-refractivity contribution in [2.24, 2.45) is 7.05 Å². The number of nitrogens with one attached hydrogen (secondary N) is 1. The first kappa shape index (κ1) is 17.9. The number of nitrogens with zero attached hydrogens (tertiary/aromatic N) is 5. The summed E-state index contributed by atoms with van der Waals surface area (Å²) < 4.78 is 1.55. The van der Waals surface area contributed by atoms with E-state index < -0.39 is 0 Å². The van der Waals surface area contributed by atoms with Gasteiger partial charge in [-0.2, -0.15) is 5.10 Å². The lowest BCUT2D eigenvalue weighted by Gasteiger charge is -2.07. The van der Waals surface area contributed by atoms with Crippen molar-refractivity contribution in [3.05, 3.63) is 83.2 Å². The second kappa shape index (κ2) is 7.04. The van der Waals surface area contributed by atoms with Crippen LogP contribution in [-0.2, 0) is 7.05 Å². The molecule has 0 saturated carbocycles. The Labute approximate surface area is 172 Å². The lowest BCUT2D eigenvalue weighted by atomic mass is 10.1. The van der Waals surface area contributed by atoms with E-state index in [1.54, 1.807) is 30.1 Å². The third-order valence-electron chi connectivity index (χ3n) is 5.02. The molecule has 146 valence electrons. The molecule has 1 N–H and O–H groups in total. The maximum atomic E-state index is 12.5. The van der Waals surface area contributed by atoms with Gasteiger partial charge in [0.1, 0.15) is 5.69 Å². The number of pyridine rings is 4. The molecule has 0 aliphatic rings. The van der Waals surface area contributed by atoms with Gasteiger partial charge in [0, 0.05) is 48.0 Å². The van der Waals surface area contributed by atoms with Gasteiger partial charge in [0.05, 0.1) is 22.4 Å². The zero-order valence-corrected chi connectivity index (χ0v) is 16.5. The zero-order valence-electron chi connectivity index (χ0n) is 16.5. The van der Waals surface area contributed by atoms with Crippen molar-refractivity contribution in [3.8, 4) is 33.8 Å². The highest BCUT2D eigenvalue weighted by Gasteiger charge is 2.14. The van der Waals surface area contributed by atoms with Crippen LogP contribution in [-0.4, -0.2) is 29.7 Å². The van der Waals surface area contributed by atoms with Crippen LogP contribution in [0.1, 0.15) is 5.69 Å². The van der Waals surface area contributed by atoms with Crippen LogP contribution >= 0.6 is 0 Å². The molecule has 5 aromatic heterocycles. The van der Waals surface area contributed by atoms with Gasteiger partial charge in [0.15, 0.2) is 0 Å². The quantitative estimate of drug-likeness (QED) is 0.503. The van der Waals surface area contributed by atoms with E-state index in [0.717, 1.165) is 39.4 Å². The summed E-state index contributed by atoms with van der Waals surface area (Å²) in [4.78, 5) is 26.4. The Morgan fingerprint density at radius 3 is 2.70 bits per heavy atom. The molecule has 0 radical (unpaired) electrons. The molecule has 0 aliphatic heterocycles. The monoisotopic (exact) mass is 394 g/mol. The van der Waals surface area contributed by atoms with Gasteiger partial charge < -0.3 is 4.57 Å². The van der Waals surface area contributed by atoms with E-state index in [4.69, 9.17) is 4.98 Å². The van der Waals surface area contributed by atoms with Crippen molar-refractivity contribution in [2.45, 2.75) is 6.92 Å². The number of hydrogen-bond donors (Lipinski definition) is 1. The molecule has 5 heterocycles. The average Bonchev–Trinajstić information content (AvgIpc) is 3.25. The van der Waals surface area contributed by atoms with Crippen LogP contribution in [0.5, 0.6) is 0 Å². The summed E-state index contributed by atoms with van der Waals surface area (Å²) >= 11 is 0. The smallest absolute Gasteiger partial charge is 0.258 e. The summed E-state index contributed by atoms with van der Waals surface area (Å²) in [5, 5.41) is 7.31. The Balaban J connectivity index is 1.63. The molecule has 0 aromatic carbocycles. The molecule has 0 unspecified atom stereocenters. The van der Waals surface area contributed by atoms with Crippen molar-refractivity contribution in [1.29, 1.82) is 0 Å². The fourth-order valence-electron chi connectivity index (χ4n) is 3.48. The van der Waals surface area contributed by atoms with Crippen molar-refractivity contribution < 1.29 is 0 Å². The first-order valence-electron chi connectivity index (χ1n) is 9.51. The minimum absolute atomic E-state index is 0.0718. The van der Waals surface area contributed by atoms with E-state index in [2.05, 4.69) is 20.2 Å². The predicted octanol–water partition coefficient (Wildman–Crippen LogP) is 3.76. The first-order chi connectivity index (χ1) is 14.6. The minimum atomic E-state index is -0.0718. The highest BCUT2D eigenvalue weighted by Crippen LogP contribution is 2.29. The lowest BCUT2D eigenvalue weighted by Crippen LogP contribution is -2.17. The molecule has 0 saturated heterocycles. The standard InChI is InChI=1S/C23H18N6O/c1-14-5-3-7-20(26-14)22-17(13-25-28-22)18-8-9-19-21(27-18)11-15(12-24-19)16-6-4-10-29(2)23(16)30/h3-13H,1-2H3,(H,25,28). The molecule has 30 heavy (non-hydrogen) atoms. The van der Waals surface area contributed by atoms with Gasteiger partial charge >= 0.3 is 0 Å². The van der Waals surface area contributed by atoms with Crippen molar-refractivity contribution >= 4 is 11.0 Å². The van der Waals surface area contributed by atoms with Crippen LogP contribution < -0.4 is 5.56 Å². The van der Waals surface area contributed by atoms with Gasteiger partial charge in [-0.1, -0.05) is 6.07 Å². The fourth-order valence-corrected chi connectivity index (χ4v) is 3.48. The fraction of sp³-hybridized carbons (Fsp3) is 0.0870. The van der Waals surface area contributed by atoms with Crippen molar-refractivity contribution in [2.75, 3.05) is 0 Å². The highest BCUT2D eigenvalue weighted by atomic mass is 16.1. The number of aromatic nitrogens is 6. The second-order valence-corrected chi connectivity index (χ2v) is 7.11. The Bertz CT molecular complexity index is 1450. The number of hydrogen-bond acceptors (Lipinski definition) is 5. The maximum absolute atomic E-state index is 12.5. The second-order valence-electron chi connectivity index (χ2n) is 7.11. The van der Waals surface area contributed by atoms with E-state index in [1.807, 2.05) is 55.6 Å². The molecule has 7 nitrogen and oxygen atoms in total. The molecule has 5 rings (SSSR count). The van der Waals surface area contributed by atoms with Gasteiger partial charge in [0.2, 0.25) is 0 Å². The molecule has 0 atom stereocenters. The summed E-state index contributed by atoms with van der Waals surface area (Å²) in [5.41, 5.74) is 6.79. The molecule has 0 fully saturated rings. The maximum Gasteiger partial charge on any atom is 0.258 e. The molecular formula is C23H18N6O. The summed E-state index contributed by atoms with van der Waals surface area (Å²) in [6, 6.07) is 15.2. The van der Waals surface area contributed by atoms with Crippen LogP contribution in [0.15, 0.2) is 71.9 Å². The summed E-state index contributed by atoms with van der Waals surface area (Å²) in [6.45, 7) is 1.95. The van der Waals surface area contributed by atoms with Crippen LogP contribution in [0.2, 0.25) is 0 Å². The molecular weight excluding hydrogens is 376 g/mol. The Morgan fingerprint density at radius 1 is 0.933 bits per heavy atom. The first-order valence-corrected chi connectivity index (χ1v) is 9.51. The van der Waals surface area contributed by atoms with E-state index in [9.17, 15) is 4.79 Å². The van der Waals surface area contributed by atoms with Crippen LogP contribution in [0.25, 0.3) is 44.8 Å². The van der Waals surface area contributed by atoms with Crippen molar-refractivity contribution in [1.82, 2.24) is 29.7 Å². The summed E-state index contributed by atoms with van der Waals surface area (Å²) in [6.07, 6.45) is 5.26. The van der Waals surface area contributed by atoms with E-state index >= 15 is 0 Å². The third-order valence-corrected chi connectivity index (χ3v) is 5.02. The largest absolute Gasteiger partial charge is 0.318 e. The number of H-pyrrole nitrogens is 1. The van der Waals surface area contributed by atoms with E-state index in [1.165, 1.54) is 0 Å². The van der Waals surface area contributed by atoms with Gasteiger partial charge in [-0.25, -0.2) is 4.98 Å². The molecule has 0 aliphatic carbocycles. The molecule has 0 bridgehead atoms. The zero-order chi connectivity index (χ0) is 20.7. The lowest BCUT2D eigenvalue weighted by molar-refractivity contribution is 0.863.